The minimum Gasteiger partial charge on any atom is -0.406 e. The molecule has 0 radical (unpaired) electrons. The van der Waals surface area contributed by atoms with Gasteiger partial charge >= 0.3 is 6.36 Å². The van der Waals surface area contributed by atoms with Crippen LogP contribution in [0.5, 0.6) is 5.75 Å². The summed E-state index contributed by atoms with van der Waals surface area (Å²) in [6.45, 7) is 0.115. The first kappa shape index (κ1) is 26.1. The molecule has 1 aliphatic rings. The van der Waals surface area contributed by atoms with Gasteiger partial charge in [-0.2, -0.15) is 0 Å². The molecule has 0 saturated carbocycles. The van der Waals surface area contributed by atoms with Crippen molar-refractivity contribution in [1.82, 2.24) is 9.29 Å². The second-order valence-corrected chi connectivity index (χ2v) is 11.3. The lowest BCUT2D eigenvalue weighted by Crippen LogP contribution is -2.53. The average Bonchev–Trinajstić information content (AvgIpc) is 3.12. The van der Waals surface area contributed by atoms with Gasteiger partial charge in [0.1, 0.15) is 15.7 Å². The predicted molar refractivity (Wildman–Crippen MR) is 135 cm³/mol. The Bertz CT molecular complexity index is 1520. The van der Waals surface area contributed by atoms with E-state index in [1.807, 2.05) is 16.7 Å². The fraction of sp³-hybridized carbons (Fsp3) is 0.250. The molecule has 1 fully saturated rings. The van der Waals surface area contributed by atoms with Crippen molar-refractivity contribution in [3.63, 3.8) is 0 Å². The third-order valence-corrected chi connectivity index (χ3v) is 8.20. The van der Waals surface area contributed by atoms with Crippen molar-refractivity contribution in [3.05, 3.63) is 70.7 Å². The van der Waals surface area contributed by atoms with Crippen molar-refractivity contribution in [2.75, 3.05) is 13.2 Å². The highest BCUT2D eigenvalue weighted by Crippen LogP contribution is 2.37. The number of hydrogen-bond acceptors (Lipinski definition) is 5. The Hall–Kier alpha value is -2.54. The summed E-state index contributed by atoms with van der Waals surface area (Å²) < 4.78 is 72.9. The highest BCUT2D eigenvalue weighted by Gasteiger charge is 2.37. The maximum atomic E-state index is 13.2. The maximum Gasteiger partial charge on any atom is 0.573 e. The number of rotatable bonds is 5. The van der Waals surface area contributed by atoms with Crippen molar-refractivity contribution >= 4 is 54.9 Å². The van der Waals surface area contributed by atoms with Crippen LogP contribution >= 0.6 is 23.2 Å². The Labute approximate surface area is 219 Å². The quantitative estimate of drug-likeness (QED) is 0.276. The second kappa shape index (κ2) is 9.64. The number of aromatic nitrogens is 1. The smallest absolute Gasteiger partial charge is 0.406 e. The van der Waals surface area contributed by atoms with E-state index in [1.54, 1.807) is 24.3 Å². The Balaban J connectivity index is 1.45. The summed E-state index contributed by atoms with van der Waals surface area (Å²) in [6.07, 6.45) is -6.00. The van der Waals surface area contributed by atoms with Crippen LogP contribution in [0, 0.1) is 4.78 Å². The van der Waals surface area contributed by atoms with Crippen molar-refractivity contribution in [2.45, 2.75) is 29.4 Å². The number of halogens is 5. The molecule has 3 aromatic carbocycles. The molecule has 0 bridgehead atoms. The molecular weight excluding hydrogens is 554 g/mol. The highest BCUT2D eigenvalue weighted by atomic mass is 35.5. The summed E-state index contributed by atoms with van der Waals surface area (Å²) in [4.78, 5) is -0.0718. The van der Waals surface area contributed by atoms with Crippen molar-refractivity contribution in [3.8, 4) is 5.75 Å². The third kappa shape index (κ3) is 5.25. The minimum absolute atomic E-state index is 0.0302. The van der Waals surface area contributed by atoms with E-state index in [4.69, 9.17) is 32.7 Å². The monoisotopic (exact) mass is 573 g/mol. The lowest BCUT2D eigenvalue weighted by atomic mass is 10.0. The van der Waals surface area contributed by atoms with Crippen molar-refractivity contribution in [1.29, 1.82) is 4.78 Å². The minimum atomic E-state index is -4.87. The Morgan fingerprint density at radius 2 is 1.57 bits per heavy atom. The Morgan fingerprint density at radius 1 is 1.00 bits per heavy atom. The molecule has 4 atom stereocenters. The van der Waals surface area contributed by atoms with Crippen LogP contribution in [0.2, 0.25) is 10.0 Å². The first-order valence-corrected chi connectivity index (χ1v) is 13.3. The van der Waals surface area contributed by atoms with Gasteiger partial charge in [-0.1, -0.05) is 23.2 Å². The number of nitrogens with zero attached hydrogens (tertiary/aromatic N) is 1. The van der Waals surface area contributed by atoms with E-state index in [0.717, 1.165) is 46.1 Å². The van der Waals surface area contributed by atoms with Crippen LogP contribution in [0.3, 0.4) is 0 Å². The van der Waals surface area contributed by atoms with Crippen LogP contribution in [0.1, 0.15) is 6.04 Å². The van der Waals surface area contributed by atoms with Crippen LogP contribution < -0.4 is 9.46 Å². The maximum absolute atomic E-state index is 13.2. The molecule has 5 rings (SSSR count). The number of alkyl halides is 3. The molecule has 4 aromatic rings. The van der Waals surface area contributed by atoms with Gasteiger partial charge in [0.15, 0.2) is 0 Å². The van der Waals surface area contributed by atoms with Gasteiger partial charge in [0.2, 0.25) is 0 Å². The van der Waals surface area contributed by atoms with Gasteiger partial charge in [0.25, 0.3) is 0 Å². The first-order valence-electron chi connectivity index (χ1n) is 11.0. The fourth-order valence-corrected chi connectivity index (χ4v) is 6.21. The second-order valence-electron chi connectivity index (χ2n) is 8.59. The van der Waals surface area contributed by atoms with Crippen LogP contribution in [-0.4, -0.2) is 45.6 Å². The lowest BCUT2D eigenvalue weighted by molar-refractivity contribution is -0.274. The largest absolute Gasteiger partial charge is 0.573 e. The molecule has 1 unspecified atom stereocenters. The number of nitrogens with one attached hydrogen (secondary N) is 2. The zero-order valence-corrected chi connectivity index (χ0v) is 21.2. The van der Waals surface area contributed by atoms with E-state index in [-0.39, 0.29) is 18.1 Å². The van der Waals surface area contributed by atoms with E-state index in [0.29, 0.717) is 10.0 Å². The summed E-state index contributed by atoms with van der Waals surface area (Å²) in [5.74, 6) is -0.501. The van der Waals surface area contributed by atoms with E-state index >= 15 is 0 Å². The molecule has 0 spiro atoms. The SMILES string of the molecule is N=S(=O)(N[C@H]1COC[C@@H](n2c3ccc(Cl)cc3c3cc(Cl)ccc32)[C@H]1O)c1ccc(OC(F)(F)F)cc1. The van der Waals surface area contributed by atoms with Crippen LogP contribution in [-0.2, 0) is 14.7 Å². The summed E-state index contributed by atoms with van der Waals surface area (Å²) in [7, 11) is -3.71. The van der Waals surface area contributed by atoms with E-state index < -0.39 is 40.2 Å². The summed E-state index contributed by atoms with van der Waals surface area (Å²) >= 11 is 12.5. The van der Waals surface area contributed by atoms with Gasteiger partial charge in [-0.25, -0.2) is 13.7 Å². The molecule has 7 nitrogen and oxygen atoms in total. The van der Waals surface area contributed by atoms with Gasteiger partial charge in [-0.3, -0.25) is 0 Å². The van der Waals surface area contributed by atoms with Crippen molar-refractivity contribution < 1.29 is 32.0 Å². The zero-order chi connectivity index (χ0) is 26.5. The zero-order valence-electron chi connectivity index (χ0n) is 18.8. The number of benzene rings is 3. The van der Waals surface area contributed by atoms with Crippen molar-refractivity contribution in [2.24, 2.45) is 0 Å². The normalized spacial score (nSPS) is 22.3. The fourth-order valence-electron chi connectivity index (χ4n) is 4.58. The summed E-state index contributed by atoms with van der Waals surface area (Å²) in [5, 5.41) is 14.1. The number of aliphatic hydroxyl groups excluding tert-OH is 1. The molecule has 2 heterocycles. The molecule has 37 heavy (non-hydrogen) atoms. The standard InChI is InChI=1S/C24H20Cl2F3N3O4S/c25-13-1-7-20-17(9-13)18-10-14(26)2-8-21(18)32(20)22-12-35-11-19(23(22)33)31-37(30,34)16-5-3-15(4-6-16)36-24(27,28)29/h1-10,19,22-23,33H,11-12H2,(H2,30,31,34)/t19-,22+,23-,37?/m0/s1. The molecule has 0 aliphatic carbocycles. The number of fused-ring (bicyclic) bond motifs is 3. The Morgan fingerprint density at radius 3 is 2.11 bits per heavy atom. The van der Waals surface area contributed by atoms with Gasteiger partial charge in [-0.05, 0) is 60.7 Å². The molecule has 1 saturated heterocycles. The number of aliphatic hydroxyl groups is 1. The van der Waals surface area contributed by atoms with E-state index in [2.05, 4.69) is 9.46 Å². The predicted octanol–water partition coefficient (Wildman–Crippen LogP) is 5.91. The number of hydrogen-bond donors (Lipinski definition) is 3. The number of ether oxygens (including phenoxy) is 2. The lowest BCUT2D eigenvalue weighted by Gasteiger charge is -2.37. The summed E-state index contributed by atoms with van der Waals surface area (Å²) in [6, 6.07) is 13.4. The molecule has 3 N–H and O–H groups in total. The van der Waals surface area contributed by atoms with Gasteiger partial charge in [0, 0.05) is 31.9 Å². The molecule has 0 amide bonds. The van der Waals surface area contributed by atoms with Crippen LogP contribution in [0.15, 0.2) is 65.6 Å². The van der Waals surface area contributed by atoms with Crippen LogP contribution in [0.25, 0.3) is 21.8 Å². The molecule has 1 aliphatic heterocycles. The van der Waals surface area contributed by atoms with E-state index in [1.165, 1.54) is 0 Å². The van der Waals surface area contributed by atoms with Gasteiger partial charge in [0.05, 0.1) is 36.3 Å². The van der Waals surface area contributed by atoms with E-state index in [9.17, 15) is 22.5 Å². The first-order chi connectivity index (χ1) is 17.4. The topological polar surface area (TPSA) is 96.6 Å². The molecule has 196 valence electrons. The third-order valence-electron chi connectivity index (χ3n) is 6.16. The molecule has 13 heteroatoms. The molecule has 1 aromatic heterocycles. The Kier molecular flexibility index (Phi) is 6.80. The highest BCUT2D eigenvalue weighted by molar-refractivity contribution is 7.90. The van der Waals surface area contributed by atoms with Crippen LogP contribution in [0.4, 0.5) is 13.2 Å². The molecular formula is C24H20Cl2F3N3O4S. The average molecular weight is 574 g/mol. The van der Waals surface area contributed by atoms with Gasteiger partial charge in [-0.15, -0.1) is 13.2 Å². The summed E-state index contributed by atoms with van der Waals surface area (Å²) in [5.41, 5.74) is 1.56. The van der Waals surface area contributed by atoms with Gasteiger partial charge < -0.3 is 19.1 Å².